The number of carbonyl (C=O) groups excluding carboxylic acids is 1. The van der Waals surface area contributed by atoms with E-state index in [0.29, 0.717) is 5.82 Å². The molecule has 0 bridgehead atoms. The van der Waals surface area contributed by atoms with Crippen LogP contribution in [0.3, 0.4) is 0 Å². The molecule has 7 nitrogen and oxygen atoms in total. The number of amides is 1. The summed E-state index contributed by atoms with van der Waals surface area (Å²) < 4.78 is 1.46. The van der Waals surface area contributed by atoms with Crippen LogP contribution in [0.4, 0.5) is 5.82 Å². The van der Waals surface area contributed by atoms with E-state index < -0.39 is 0 Å². The number of rotatable bonds is 4. The van der Waals surface area contributed by atoms with Crippen molar-refractivity contribution in [1.82, 2.24) is 25.2 Å². The molecule has 2 aromatic rings. The van der Waals surface area contributed by atoms with Crippen LogP contribution in [0.1, 0.15) is 12.5 Å². The molecule has 0 fully saturated rings. The summed E-state index contributed by atoms with van der Waals surface area (Å²) in [5.74, 6) is 0.483. The Balaban J connectivity index is 1.97. The van der Waals surface area contributed by atoms with Crippen molar-refractivity contribution in [1.29, 1.82) is 0 Å². The average molecular weight is 220 g/mol. The number of carbonyl (C=O) groups is 1. The van der Waals surface area contributed by atoms with Crippen LogP contribution >= 0.6 is 0 Å². The molecule has 0 aromatic carbocycles. The highest BCUT2D eigenvalue weighted by Gasteiger charge is 2.08. The van der Waals surface area contributed by atoms with Gasteiger partial charge in [-0.1, -0.05) is 12.1 Å². The first kappa shape index (κ1) is 10.3. The summed E-state index contributed by atoms with van der Waals surface area (Å²) in [4.78, 5) is 11.6. The minimum atomic E-state index is -0.163. The number of nitrogens with zero attached hydrogens (tertiary/aromatic N) is 4. The molecule has 84 valence electrons. The summed E-state index contributed by atoms with van der Waals surface area (Å²) in [6.45, 7) is 2.14. The Morgan fingerprint density at radius 2 is 2.50 bits per heavy atom. The molecule has 1 amide bonds. The van der Waals surface area contributed by atoms with Crippen molar-refractivity contribution >= 4 is 11.7 Å². The van der Waals surface area contributed by atoms with Crippen LogP contribution in [-0.4, -0.2) is 31.1 Å². The van der Waals surface area contributed by atoms with Crippen LogP contribution in [0, 0.1) is 0 Å². The number of hydrogen-bond acceptors (Lipinski definition) is 4. The van der Waals surface area contributed by atoms with Crippen molar-refractivity contribution in [3.05, 3.63) is 24.2 Å². The number of hydrogen-bond donors (Lipinski definition) is 2. The first-order chi connectivity index (χ1) is 7.79. The van der Waals surface area contributed by atoms with Crippen molar-refractivity contribution in [2.45, 2.75) is 19.9 Å². The average Bonchev–Trinajstić information content (AvgIpc) is 2.88. The van der Waals surface area contributed by atoms with Gasteiger partial charge >= 0.3 is 0 Å². The van der Waals surface area contributed by atoms with Gasteiger partial charge < -0.3 is 5.32 Å². The molecular weight excluding hydrogens is 208 g/mol. The summed E-state index contributed by atoms with van der Waals surface area (Å²) in [6, 6.07) is 0. The predicted molar refractivity (Wildman–Crippen MR) is 56.6 cm³/mol. The lowest BCUT2D eigenvalue weighted by Crippen LogP contribution is -2.20. The van der Waals surface area contributed by atoms with Gasteiger partial charge in [0, 0.05) is 11.8 Å². The molecule has 2 aromatic heterocycles. The van der Waals surface area contributed by atoms with Gasteiger partial charge in [-0.3, -0.25) is 9.89 Å². The summed E-state index contributed by atoms with van der Waals surface area (Å²) in [5.41, 5.74) is 0.979. The molecule has 0 radical (unpaired) electrons. The first-order valence-electron chi connectivity index (χ1n) is 4.95. The molecule has 0 atom stereocenters. The second-order valence-electron chi connectivity index (χ2n) is 3.27. The Kier molecular flexibility index (Phi) is 2.95. The fraction of sp³-hybridized carbons (Fsp3) is 0.333. The van der Waals surface area contributed by atoms with Crippen molar-refractivity contribution in [3.63, 3.8) is 0 Å². The standard InChI is InChI=1S/C9H12N6O/c1-2-7-5-11-13-9(7)12-8(16)6-15-4-3-10-14-15/h3-5H,2,6H2,1H3,(H2,11,12,13,16). The Bertz CT molecular complexity index is 460. The van der Waals surface area contributed by atoms with E-state index in [1.54, 1.807) is 12.4 Å². The maximum absolute atomic E-state index is 11.6. The fourth-order valence-corrected chi connectivity index (χ4v) is 1.33. The molecule has 2 rings (SSSR count). The third-order valence-electron chi connectivity index (χ3n) is 2.14. The van der Waals surface area contributed by atoms with Crippen LogP contribution in [-0.2, 0) is 17.8 Å². The van der Waals surface area contributed by atoms with Crippen LogP contribution in [0.5, 0.6) is 0 Å². The lowest BCUT2D eigenvalue weighted by atomic mass is 10.2. The third kappa shape index (κ3) is 2.25. The lowest BCUT2D eigenvalue weighted by Gasteiger charge is -2.03. The van der Waals surface area contributed by atoms with E-state index in [2.05, 4.69) is 25.8 Å². The Morgan fingerprint density at radius 1 is 1.62 bits per heavy atom. The Morgan fingerprint density at radius 3 is 3.19 bits per heavy atom. The summed E-state index contributed by atoms with van der Waals surface area (Å²) in [6.07, 6.45) is 5.68. The monoisotopic (exact) mass is 220 g/mol. The molecule has 0 aliphatic carbocycles. The van der Waals surface area contributed by atoms with Gasteiger partial charge in [-0.25, -0.2) is 4.68 Å². The maximum atomic E-state index is 11.6. The second-order valence-corrected chi connectivity index (χ2v) is 3.27. The third-order valence-corrected chi connectivity index (χ3v) is 2.14. The number of anilines is 1. The molecular formula is C9H12N6O. The molecule has 2 N–H and O–H groups in total. The number of aromatic nitrogens is 5. The van der Waals surface area contributed by atoms with E-state index in [-0.39, 0.29) is 12.5 Å². The minimum absolute atomic E-state index is 0.141. The number of nitrogens with one attached hydrogen (secondary N) is 2. The largest absolute Gasteiger partial charge is 0.309 e. The highest BCUT2D eigenvalue weighted by atomic mass is 16.2. The molecule has 0 aliphatic rings. The number of H-pyrrole nitrogens is 1. The van der Waals surface area contributed by atoms with E-state index in [1.807, 2.05) is 6.92 Å². The maximum Gasteiger partial charge on any atom is 0.247 e. The van der Waals surface area contributed by atoms with Gasteiger partial charge in [0.25, 0.3) is 0 Å². The molecule has 0 saturated carbocycles. The van der Waals surface area contributed by atoms with Crippen LogP contribution in [0.2, 0.25) is 0 Å². The Labute approximate surface area is 91.9 Å². The zero-order chi connectivity index (χ0) is 11.4. The van der Waals surface area contributed by atoms with Crippen molar-refractivity contribution in [2.75, 3.05) is 5.32 Å². The molecule has 2 heterocycles. The van der Waals surface area contributed by atoms with Crippen LogP contribution < -0.4 is 5.32 Å². The van der Waals surface area contributed by atoms with Gasteiger partial charge in [0.2, 0.25) is 5.91 Å². The van der Waals surface area contributed by atoms with Crippen molar-refractivity contribution in [2.24, 2.45) is 0 Å². The van der Waals surface area contributed by atoms with E-state index in [9.17, 15) is 4.79 Å². The topological polar surface area (TPSA) is 88.5 Å². The van der Waals surface area contributed by atoms with Gasteiger partial charge in [0.1, 0.15) is 12.4 Å². The van der Waals surface area contributed by atoms with Gasteiger partial charge in [-0.05, 0) is 6.42 Å². The highest BCUT2D eigenvalue weighted by Crippen LogP contribution is 2.10. The van der Waals surface area contributed by atoms with Gasteiger partial charge in [-0.15, -0.1) is 5.10 Å². The highest BCUT2D eigenvalue weighted by molar-refractivity contribution is 5.90. The lowest BCUT2D eigenvalue weighted by molar-refractivity contribution is -0.117. The number of aryl methyl sites for hydroxylation is 1. The smallest absolute Gasteiger partial charge is 0.247 e. The summed E-state index contributed by atoms with van der Waals surface area (Å²) >= 11 is 0. The first-order valence-corrected chi connectivity index (χ1v) is 4.95. The molecule has 7 heteroatoms. The minimum Gasteiger partial charge on any atom is -0.309 e. The molecule has 0 spiro atoms. The Hall–Kier alpha value is -2.18. The molecule has 0 saturated heterocycles. The van der Waals surface area contributed by atoms with Gasteiger partial charge in [0.05, 0.1) is 12.4 Å². The van der Waals surface area contributed by atoms with Gasteiger partial charge in [0.15, 0.2) is 0 Å². The number of aromatic amines is 1. The SMILES string of the molecule is CCc1cn[nH]c1NC(=O)Cn1ccnn1. The van der Waals surface area contributed by atoms with Crippen molar-refractivity contribution < 1.29 is 4.79 Å². The van der Waals surface area contributed by atoms with E-state index in [1.165, 1.54) is 10.9 Å². The van der Waals surface area contributed by atoms with E-state index in [4.69, 9.17) is 0 Å². The summed E-state index contributed by atoms with van der Waals surface area (Å²) in [5, 5.41) is 16.7. The molecule has 0 aliphatic heterocycles. The molecule has 0 unspecified atom stereocenters. The van der Waals surface area contributed by atoms with E-state index in [0.717, 1.165) is 12.0 Å². The fourth-order valence-electron chi connectivity index (χ4n) is 1.33. The second kappa shape index (κ2) is 4.56. The zero-order valence-corrected chi connectivity index (χ0v) is 8.84. The normalized spacial score (nSPS) is 10.3. The quantitative estimate of drug-likeness (QED) is 0.770. The van der Waals surface area contributed by atoms with Crippen LogP contribution in [0.15, 0.2) is 18.6 Å². The predicted octanol–water partition coefficient (Wildman–Crippen LogP) is 0.202. The zero-order valence-electron chi connectivity index (χ0n) is 8.84. The van der Waals surface area contributed by atoms with Gasteiger partial charge in [-0.2, -0.15) is 5.10 Å². The van der Waals surface area contributed by atoms with E-state index >= 15 is 0 Å². The molecule has 16 heavy (non-hydrogen) atoms. The summed E-state index contributed by atoms with van der Waals surface area (Å²) in [7, 11) is 0. The van der Waals surface area contributed by atoms with Crippen molar-refractivity contribution in [3.8, 4) is 0 Å². The van der Waals surface area contributed by atoms with Crippen LogP contribution in [0.25, 0.3) is 0 Å².